The van der Waals surface area contributed by atoms with Gasteiger partial charge in [0.25, 0.3) is 5.91 Å². The second kappa shape index (κ2) is 10.9. The molecule has 1 aliphatic rings. The first-order valence-corrected chi connectivity index (χ1v) is 12.6. The summed E-state index contributed by atoms with van der Waals surface area (Å²) in [5.41, 5.74) is -4.02. The highest BCUT2D eigenvalue weighted by atomic mass is 32.2. The summed E-state index contributed by atoms with van der Waals surface area (Å²) in [6.07, 6.45) is -11.0. The number of benzene rings is 2. The molecule has 1 atom stereocenters. The molecule has 0 saturated heterocycles. The first-order valence-electron chi connectivity index (χ1n) is 11.4. The number of fused-ring (bicyclic) bond motifs is 1. The van der Waals surface area contributed by atoms with E-state index in [9.17, 15) is 40.7 Å². The molecule has 0 spiro atoms. The molecule has 0 radical (unpaired) electrons. The zero-order valence-electron chi connectivity index (χ0n) is 20.6. The number of alkyl halides is 6. The van der Waals surface area contributed by atoms with Crippen LogP contribution >= 0.6 is 11.8 Å². The summed E-state index contributed by atoms with van der Waals surface area (Å²) < 4.78 is 83.8. The maximum Gasteiger partial charge on any atom is 0.407 e. The molecule has 3 amide bonds. The van der Waals surface area contributed by atoms with Crippen molar-refractivity contribution in [3.63, 3.8) is 0 Å². The first kappa shape index (κ1) is 29.3. The second-order valence-electron chi connectivity index (χ2n) is 8.81. The first-order chi connectivity index (χ1) is 17.6. The summed E-state index contributed by atoms with van der Waals surface area (Å²) >= 11 is 1.48. The molecule has 2 aromatic carbocycles. The Hall–Kier alpha value is -3.22. The SMILES string of the molecule is CSc1ccc2c(c1)CN(C(C)=O)C2C(=O)Nc1ccc(C(CCNC(C)=O)(C(F)(F)F)C(F)(F)F)cc1. The van der Waals surface area contributed by atoms with Gasteiger partial charge < -0.3 is 15.5 Å². The van der Waals surface area contributed by atoms with Crippen LogP contribution in [0.3, 0.4) is 0 Å². The number of nitrogens with zero attached hydrogens (tertiary/aromatic N) is 1. The minimum absolute atomic E-state index is 0.0449. The van der Waals surface area contributed by atoms with Gasteiger partial charge >= 0.3 is 12.4 Å². The monoisotopic (exact) mass is 561 g/mol. The van der Waals surface area contributed by atoms with Crippen molar-refractivity contribution in [1.82, 2.24) is 10.2 Å². The van der Waals surface area contributed by atoms with E-state index < -0.39 is 54.2 Å². The Morgan fingerprint density at radius 1 is 0.974 bits per heavy atom. The largest absolute Gasteiger partial charge is 0.407 e. The van der Waals surface area contributed by atoms with Crippen molar-refractivity contribution in [3.8, 4) is 0 Å². The van der Waals surface area contributed by atoms with Gasteiger partial charge in [-0.15, -0.1) is 11.8 Å². The van der Waals surface area contributed by atoms with Gasteiger partial charge in [0, 0.05) is 37.5 Å². The number of carbonyl (C=O) groups is 3. The van der Waals surface area contributed by atoms with E-state index in [1.54, 1.807) is 12.1 Å². The standard InChI is InChI=1S/C25H25F6N3O3S/c1-14(35)32-11-10-23(24(26,27)28,25(29,30)31)17-4-6-18(7-5-17)33-22(37)21-20-9-8-19(38-3)12-16(20)13-34(21)15(2)36/h4-9,12,21H,10-11,13H2,1-3H3,(H,32,35)(H,33,37). The van der Waals surface area contributed by atoms with Crippen LogP contribution in [-0.2, 0) is 26.3 Å². The third-order valence-corrected chi connectivity index (χ3v) is 7.16. The summed E-state index contributed by atoms with van der Waals surface area (Å²) in [6, 6.07) is 7.55. The molecule has 1 heterocycles. The Morgan fingerprint density at radius 3 is 2.08 bits per heavy atom. The summed E-state index contributed by atoms with van der Waals surface area (Å²) in [5.74, 6) is -1.80. The van der Waals surface area contributed by atoms with Crippen LogP contribution in [0.25, 0.3) is 0 Å². The average molecular weight is 562 g/mol. The van der Waals surface area contributed by atoms with Crippen molar-refractivity contribution in [3.05, 3.63) is 59.2 Å². The van der Waals surface area contributed by atoms with Gasteiger partial charge in [-0.1, -0.05) is 18.2 Å². The molecule has 0 aliphatic carbocycles. The molecule has 0 aromatic heterocycles. The van der Waals surface area contributed by atoms with Crippen LogP contribution < -0.4 is 10.6 Å². The van der Waals surface area contributed by atoms with E-state index in [0.29, 0.717) is 17.7 Å². The highest BCUT2D eigenvalue weighted by Crippen LogP contribution is 2.54. The van der Waals surface area contributed by atoms with E-state index >= 15 is 0 Å². The number of anilines is 1. The van der Waals surface area contributed by atoms with Gasteiger partial charge in [-0.3, -0.25) is 14.4 Å². The molecular formula is C25H25F6N3O3S. The maximum absolute atomic E-state index is 14.0. The van der Waals surface area contributed by atoms with Crippen LogP contribution in [0.5, 0.6) is 0 Å². The Bertz CT molecular complexity index is 1200. The lowest BCUT2D eigenvalue weighted by Gasteiger charge is -2.38. The molecular weight excluding hydrogens is 536 g/mol. The summed E-state index contributed by atoms with van der Waals surface area (Å²) in [7, 11) is 0. The summed E-state index contributed by atoms with van der Waals surface area (Å²) in [5, 5.41) is 4.48. The Labute approximate surface area is 219 Å². The van der Waals surface area contributed by atoms with Crippen LogP contribution in [0.2, 0.25) is 0 Å². The van der Waals surface area contributed by atoms with Crippen LogP contribution in [0.1, 0.15) is 43.0 Å². The van der Waals surface area contributed by atoms with Gasteiger partial charge in [-0.05, 0) is 53.6 Å². The van der Waals surface area contributed by atoms with Crippen molar-refractivity contribution in [2.75, 3.05) is 18.1 Å². The zero-order valence-corrected chi connectivity index (χ0v) is 21.4. The highest BCUT2D eigenvalue weighted by molar-refractivity contribution is 7.98. The molecule has 206 valence electrons. The number of hydrogen-bond acceptors (Lipinski definition) is 4. The van der Waals surface area contributed by atoms with Crippen LogP contribution in [0.4, 0.5) is 32.0 Å². The number of rotatable bonds is 7. The summed E-state index contributed by atoms with van der Waals surface area (Å²) in [6.45, 7) is 1.61. The number of thioether (sulfide) groups is 1. The van der Waals surface area contributed by atoms with Gasteiger partial charge in [0.15, 0.2) is 5.41 Å². The molecule has 6 nitrogen and oxygen atoms in total. The quantitative estimate of drug-likeness (QED) is 0.354. The smallest absolute Gasteiger partial charge is 0.356 e. The van der Waals surface area contributed by atoms with Gasteiger partial charge in [0.05, 0.1) is 0 Å². The number of amides is 3. The van der Waals surface area contributed by atoms with E-state index in [0.717, 1.165) is 29.5 Å². The van der Waals surface area contributed by atoms with Crippen molar-refractivity contribution in [2.24, 2.45) is 0 Å². The number of carbonyl (C=O) groups excluding carboxylic acids is 3. The lowest BCUT2D eigenvalue weighted by molar-refractivity contribution is -0.305. The molecule has 1 unspecified atom stereocenters. The Morgan fingerprint density at radius 2 is 1.58 bits per heavy atom. The number of hydrogen-bond donors (Lipinski definition) is 2. The van der Waals surface area contributed by atoms with Crippen LogP contribution in [0.15, 0.2) is 47.4 Å². The molecule has 2 N–H and O–H groups in total. The average Bonchev–Trinajstić information content (AvgIpc) is 3.20. The minimum Gasteiger partial charge on any atom is -0.356 e. The fraction of sp³-hybridized carbons (Fsp3) is 0.400. The predicted octanol–water partition coefficient (Wildman–Crippen LogP) is 5.34. The maximum atomic E-state index is 14.0. The lowest BCUT2D eigenvalue weighted by Crippen LogP contribution is -2.55. The van der Waals surface area contributed by atoms with Crippen molar-refractivity contribution < 1.29 is 40.7 Å². The van der Waals surface area contributed by atoms with Gasteiger partial charge in [-0.2, -0.15) is 26.3 Å². The number of halogens is 6. The molecule has 2 aromatic rings. The van der Waals surface area contributed by atoms with Crippen molar-refractivity contribution in [1.29, 1.82) is 0 Å². The lowest BCUT2D eigenvalue weighted by atomic mass is 9.75. The number of nitrogens with one attached hydrogen (secondary N) is 2. The summed E-state index contributed by atoms with van der Waals surface area (Å²) in [4.78, 5) is 38.7. The van der Waals surface area contributed by atoms with Crippen LogP contribution in [-0.4, -0.2) is 47.8 Å². The second-order valence-corrected chi connectivity index (χ2v) is 9.69. The normalized spacial score (nSPS) is 15.7. The molecule has 1 aliphatic heterocycles. The molecule has 13 heteroatoms. The van der Waals surface area contributed by atoms with Gasteiger partial charge in [0.2, 0.25) is 11.8 Å². The van der Waals surface area contributed by atoms with E-state index in [-0.39, 0.29) is 18.1 Å². The van der Waals surface area contributed by atoms with Gasteiger partial charge in [-0.25, -0.2) is 0 Å². The molecule has 3 rings (SSSR count). The fourth-order valence-electron chi connectivity index (χ4n) is 4.52. The van der Waals surface area contributed by atoms with Crippen LogP contribution in [0, 0.1) is 0 Å². The van der Waals surface area contributed by atoms with E-state index in [1.165, 1.54) is 23.6 Å². The van der Waals surface area contributed by atoms with E-state index in [4.69, 9.17) is 0 Å². The van der Waals surface area contributed by atoms with Gasteiger partial charge in [0.1, 0.15) is 6.04 Å². The zero-order chi connectivity index (χ0) is 28.5. The van der Waals surface area contributed by atoms with Crippen molar-refractivity contribution in [2.45, 2.75) is 55.5 Å². The Balaban J connectivity index is 1.92. The van der Waals surface area contributed by atoms with E-state index in [2.05, 4.69) is 5.32 Å². The molecule has 0 bridgehead atoms. The highest BCUT2D eigenvalue weighted by Gasteiger charge is 2.71. The minimum atomic E-state index is -5.72. The predicted molar refractivity (Wildman–Crippen MR) is 129 cm³/mol. The topological polar surface area (TPSA) is 78.5 Å². The fourth-order valence-corrected chi connectivity index (χ4v) is 4.99. The third-order valence-electron chi connectivity index (χ3n) is 6.44. The Kier molecular flexibility index (Phi) is 8.39. The molecule has 0 fully saturated rings. The van der Waals surface area contributed by atoms with Crippen molar-refractivity contribution >= 4 is 35.2 Å². The van der Waals surface area contributed by atoms with E-state index in [1.807, 2.05) is 17.6 Å². The molecule has 0 saturated carbocycles. The third kappa shape index (κ3) is 5.62. The molecule has 38 heavy (non-hydrogen) atoms.